The number of hydrogen-bond acceptors (Lipinski definition) is 7. The van der Waals surface area contributed by atoms with Crippen LogP contribution in [0, 0.1) is 17.6 Å². The maximum atomic E-state index is 15.7. The van der Waals surface area contributed by atoms with Gasteiger partial charge in [-0.25, -0.2) is 22.0 Å². The van der Waals surface area contributed by atoms with Crippen LogP contribution in [0.2, 0.25) is 5.02 Å². The van der Waals surface area contributed by atoms with Crippen molar-refractivity contribution in [3.8, 4) is 0 Å². The van der Waals surface area contributed by atoms with Crippen molar-refractivity contribution < 1.29 is 36.3 Å². The molecule has 0 unspecified atom stereocenters. The van der Waals surface area contributed by atoms with Crippen LogP contribution in [0.15, 0.2) is 71.6 Å². The van der Waals surface area contributed by atoms with Gasteiger partial charge in [0.2, 0.25) is 10.0 Å². The molecule has 3 aromatic rings. The van der Waals surface area contributed by atoms with Gasteiger partial charge in [-0.05, 0) is 118 Å². The third-order valence-electron chi connectivity index (χ3n) is 9.85. The highest BCUT2D eigenvalue weighted by molar-refractivity contribution is 7.89. The first kappa shape index (κ1) is 39.8. The Morgan fingerprint density at radius 3 is 2.29 bits per heavy atom. The number of carbonyl (C=O) groups is 2. The van der Waals surface area contributed by atoms with Crippen LogP contribution in [-0.2, 0) is 37.1 Å². The summed E-state index contributed by atoms with van der Waals surface area (Å²) < 4.78 is 70.1. The summed E-state index contributed by atoms with van der Waals surface area (Å²) in [5.41, 5.74) is 7.62. The number of Topliss-reactive ketones (excluding diaryl/α,β-unsaturated/α-hetero) is 1. The molecule has 0 aromatic heterocycles. The maximum absolute atomic E-state index is 15.7. The summed E-state index contributed by atoms with van der Waals surface area (Å²) in [5.74, 6) is -1.54. The van der Waals surface area contributed by atoms with E-state index in [0.717, 1.165) is 30.5 Å². The molecule has 2 saturated heterocycles. The third-order valence-corrected chi connectivity index (χ3v) is 12.2. The standard InChI is InChI=1S/C39H48ClF2N3O6S/c1-25-23-44(38(47)51-39(2,3)4)24-31(45(25)52(48,49)32-15-12-30(41)13-16-32)14-17-33-28(6-5-7-34(33)42)22-35(46)37(43)36(27-18-20-50-21-19-27)26-8-10-29(40)11-9-26/h5-13,15-16,25,27,31,36-37H,14,17-24,43H2,1-4H3/t25-,31+,36+,37-/m1/s1. The van der Waals surface area contributed by atoms with Gasteiger partial charge in [0.1, 0.15) is 17.2 Å². The van der Waals surface area contributed by atoms with Gasteiger partial charge in [-0.15, -0.1) is 0 Å². The predicted octanol–water partition coefficient (Wildman–Crippen LogP) is 6.90. The summed E-state index contributed by atoms with van der Waals surface area (Å²) in [6.07, 6.45) is 0.973. The van der Waals surface area contributed by atoms with E-state index in [0.29, 0.717) is 23.8 Å². The van der Waals surface area contributed by atoms with Crippen molar-refractivity contribution in [2.24, 2.45) is 11.7 Å². The van der Waals surface area contributed by atoms with Crippen LogP contribution in [0.1, 0.15) is 69.6 Å². The van der Waals surface area contributed by atoms with Gasteiger partial charge in [-0.1, -0.05) is 35.9 Å². The van der Waals surface area contributed by atoms with Gasteiger partial charge in [-0.3, -0.25) is 4.79 Å². The van der Waals surface area contributed by atoms with Crippen LogP contribution in [-0.4, -0.2) is 79.5 Å². The number of ketones is 1. The summed E-state index contributed by atoms with van der Waals surface area (Å²) in [6, 6.07) is 14.1. The average Bonchev–Trinajstić information content (AvgIpc) is 3.08. The first-order valence-electron chi connectivity index (χ1n) is 17.7. The van der Waals surface area contributed by atoms with Crippen molar-refractivity contribution >= 4 is 33.5 Å². The molecule has 5 rings (SSSR count). The minimum atomic E-state index is -4.16. The molecule has 2 aliphatic rings. The third kappa shape index (κ3) is 9.57. The largest absolute Gasteiger partial charge is 0.444 e. The molecule has 2 fully saturated rings. The van der Waals surface area contributed by atoms with Gasteiger partial charge in [0.15, 0.2) is 5.78 Å². The Labute approximate surface area is 310 Å². The van der Waals surface area contributed by atoms with E-state index < -0.39 is 51.5 Å². The van der Waals surface area contributed by atoms with Crippen molar-refractivity contribution in [2.45, 2.75) is 94.3 Å². The van der Waals surface area contributed by atoms with Crippen LogP contribution in [0.4, 0.5) is 13.6 Å². The summed E-state index contributed by atoms with van der Waals surface area (Å²) in [7, 11) is -4.16. The molecule has 4 atom stereocenters. The quantitative estimate of drug-likeness (QED) is 0.226. The molecule has 282 valence electrons. The molecule has 0 radical (unpaired) electrons. The van der Waals surface area contributed by atoms with Gasteiger partial charge >= 0.3 is 6.09 Å². The van der Waals surface area contributed by atoms with Crippen molar-refractivity contribution in [1.29, 1.82) is 0 Å². The van der Waals surface area contributed by atoms with E-state index in [9.17, 15) is 22.4 Å². The number of rotatable bonds is 11. The summed E-state index contributed by atoms with van der Waals surface area (Å²) in [5, 5.41) is 0.574. The number of halogens is 3. The zero-order chi connectivity index (χ0) is 37.8. The first-order valence-corrected chi connectivity index (χ1v) is 19.5. The highest BCUT2D eigenvalue weighted by Crippen LogP contribution is 2.36. The number of piperazine rings is 1. The molecular formula is C39H48ClF2N3O6S. The summed E-state index contributed by atoms with van der Waals surface area (Å²) in [4.78, 5) is 28.5. The molecule has 0 bridgehead atoms. The zero-order valence-electron chi connectivity index (χ0n) is 30.1. The Morgan fingerprint density at radius 2 is 1.65 bits per heavy atom. The van der Waals surface area contributed by atoms with Crippen LogP contribution in [0.3, 0.4) is 0 Å². The normalized spacial score (nSPS) is 20.3. The number of sulfonamides is 1. The van der Waals surface area contributed by atoms with E-state index in [1.165, 1.54) is 27.4 Å². The lowest BCUT2D eigenvalue weighted by atomic mass is 9.75. The summed E-state index contributed by atoms with van der Waals surface area (Å²) in [6.45, 7) is 8.12. The van der Waals surface area contributed by atoms with E-state index in [4.69, 9.17) is 26.8 Å². The molecule has 13 heteroatoms. The number of nitrogens with two attached hydrogens (primary N) is 1. The second kappa shape index (κ2) is 16.7. The fourth-order valence-corrected chi connectivity index (χ4v) is 9.38. The topological polar surface area (TPSA) is 119 Å². The maximum Gasteiger partial charge on any atom is 0.410 e. The smallest absolute Gasteiger partial charge is 0.410 e. The molecular weight excluding hydrogens is 712 g/mol. The van der Waals surface area contributed by atoms with Crippen LogP contribution < -0.4 is 5.73 Å². The lowest BCUT2D eigenvalue weighted by Gasteiger charge is -2.44. The average molecular weight is 760 g/mol. The molecule has 0 aliphatic carbocycles. The molecule has 2 heterocycles. The van der Waals surface area contributed by atoms with E-state index in [2.05, 4.69) is 0 Å². The van der Waals surface area contributed by atoms with E-state index in [1.54, 1.807) is 52.0 Å². The SMILES string of the molecule is C[C@@H]1CN(C(=O)OC(C)(C)C)C[C@H](CCc2c(F)cccc2CC(=O)[C@@H](N)[C@@H](c2ccc(Cl)cc2)C2CCOCC2)N1S(=O)(=O)c1ccc(F)cc1. The Balaban J connectivity index is 1.41. The molecule has 9 nitrogen and oxygen atoms in total. The highest BCUT2D eigenvalue weighted by Gasteiger charge is 2.43. The minimum absolute atomic E-state index is 0.0128. The lowest BCUT2D eigenvalue weighted by molar-refractivity contribution is -0.120. The van der Waals surface area contributed by atoms with Crippen LogP contribution >= 0.6 is 11.6 Å². The van der Waals surface area contributed by atoms with Crippen LogP contribution in [0.5, 0.6) is 0 Å². The number of hydrogen-bond donors (Lipinski definition) is 1. The Kier molecular flexibility index (Phi) is 12.8. The van der Waals surface area contributed by atoms with Gasteiger partial charge in [-0.2, -0.15) is 4.31 Å². The van der Waals surface area contributed by atoms with Crippen LogP contribution in [0.25, 0.3) is 0 Å². The molecule has 0 spiro atoms. The molecule has 0 saturated carbocycles. The van der Waals surface area contributed by atoms with E-state index >= 15 is 4.39 Å². The predicted molar refractivity (Wildman–Crippen MR) is 196 cm³/mol. The van der Waals surface area contributed by atoms with Gasteiger partial charge in [0.05, 0.1) is 10.9 Å². The van der Waals surface area contributed by atoms with Gasteiger partial charge in [0.25, 0.3) is 0 Å². The lowest BCUT2D eigenvalue weighted by Crippen LogP contribution is -2.61. The second-order valence-corrected chi connectivity index (χ2v) is 17.1. The Morgan fingerprint density at radius 1 is 1.00 bits per heavy atom. The van der Waals surface area contributed by atoms with Crippen molar-refractivity contribution in [2.75, 3.05) is 26.3 Å². The second-order valence-electron chi connectivity index (χ2n) is 14.8. The minimum Gasteiger partial charge on any atom is -0.444 e. The molecule has 3 aromatic carbocycles. The number of carbonyl (C=O) groups excluding carboxylic acids is 2. The Bertz CT molecular complexity index is 1810. The first-order chi connectivity index (χ1) is 24.5. The fourth-order valence-electron chi connectivity index (χ4n) is 7.42. The number of amides is 1. The van der Waals surface area contributed by atoms with E-state index in [-0.39, 0.29) is 60.4 Å². The van der Waals surface area contributed by atoms with Crippen molar-refractivity contribution in [3.05, 3.63) is 100 Å². The molecule has 1 amide bonds. The van der Waals surface area contributed by atoms with Gasteiger partial charge in [0, 0.05) is 55.7 Å². The number of benzene rings is 3. The van der Waals surface area contributed by atoms with Crippen molar-refractivity contribution in [3.63, 3.8) is 0 Å². The highest BCUT2D eigenvalue weighted by atomic mass is 35.5. The van der Waals surface area contributed by atoms with Gasteiger partial charge < -0.3 is 20.1 Å². The van der Waals surface area contributed by atoms with E-state index in [1.807, 2.05) is 12.1 Å². The monoisotopic (exact) mass is 759 g/mol. The molecule has 2 N–H and O–H groups in total. The fraction of sp³-hybridized carbons (Fsp3) is 0.487. The number of ether oxygens (including phenoxy) is 2. The van der Waals surface area contributed by atoms with Crippen molar-refractivity contribution in [1.82, 2.24) is 9.21 Å². The molecule has 2 aliphatic heterocycles. The zero-order valence-corrected chi connectivity index (χ0v) is 31.6. The number of nitrogens with zero attached hydrogens (tertiary/aromatic N) is 2. The Hall–Kier alpha value is -3.42. The molecule has 52 heavy (non-hydrogen) atoms. The summed E-state index contributed by atoms with van der Waals surface area (Å²) >= 11 is 6.17.